The maximum atomic E-state index is 12.2. The zero-order valence-corrected chi connectivity index (χ0v) is 18.6. The summed E-state index contributed by atoms with van der Waals surface area (Å²) >= 11 is 0. The molecule has 4 atom stereocenters. The van der Waals surface area contributed by atoms with Gasteiger partial charge < -0.3 is 25.7 Å². The van der Waals surface area contributed by atoms with Crippen LogP contribution >= 0.6 is 0 Å². The molecule has 8 nitrogen and oxygen atoms in total. The van der Waals surface area contributed by atoms with Crippen molar-refractivity contribution in [3.63, 3.8) is 0 Å². The largest absolute Gasteiger partial charge is 0.473 e. The van der Waals surface area contributed by atoms with Crippen molar-refractivity contribution in [1.29, 1.82) is 0 Å². The van der Waals surface area contributed by atoms with Crippen LogP contribution in [0.25, 0.3) is 0 Å². The smallest absolute Gasteiger partial charge is 0.414 e. The Morgan fingerprint density at radius 1 is 1.03 bits per heavy atom. The quantitative estimate of drug-likeness (QED) is 0.465. The molecule has 2 fully saturated rings. The third kappa shape index (κ3) is 7.24. The van der Waals surface area contributed by atoms with Gasteiger partial charge in [-0.25, -0.2) is 9.59 Å². The Bertz CT molecular complexity index is 736. The van der Waals surface area contributed by atoms with Crippen molar-refractivity contribution >= 4 is 29.2 Å². The number of carboxylic acid groups (broad SMARTS) is 2. The molecule has 1 aromatic rings. The summed E-state index contributed by atoms with van der Waals surface area (Å²) in [4.78, 5) is 32.7. The van der Waals surface area contributed by atoms with Gasteiger partial charge in [0.15, 0.2) is 0 Å². The van der Waals surface area contributed by atoms with Crippen LogP contribution in [-0.2, 0) is 14.4 Å². The first kappa shape index (κ1) is 24.7. The maximum Gasteiger partial charge on any atom is 0.414 e. The van der Waals surface area contributed by atoms with Gasteiger partial charge in [-0.2, -0.15) is 0 Å². The fourth-order valence-corrected chi connectivity index (χ4v) is 4.86. The second-order valence-electron chi connectivity index (χ2n) is 8.39. The highest BCUT2D eigenvalue weighted by atomic mass is 16.4. The Morgan fingerprint density at radius 2 is 1.65 bits per heavy atom. The average Bonchev–Trinajstić information content (AvgIpc) is 3.38. The fraction of sp³-hybridized carbons (Fsp3) is 0.609. The summed E-state index contributed by atoms with van der Waals surface area (Å²) in [5, 5.41) is 21.2. The first-order chi connectivity index (χ1) is 14.7. The Hall–Kier alpha value is -2.61. The Balaban J connectivity index is 0.000000501. The molecule has 2 saturated carbocycles. The molecule has 3 rings (SSSR count). The standard InChI is InChI=1S/C21H33N3O.C2H2O4/c1-4-24(5-2)19-10-8-18(9-11-19)23-21(25)14-22-15(3)20-13-16-6-7-17(20)12-16;3-1(4)2(5)6/h8-11,15-17,20,22H,4-7,12-14H2,1-3H3,(H,23,25);(H,3,4)(H,5,6). The van der Waals surface area contributed by atoms with Crippen molar-refractivity contribution in [2.24, 2.45) is 17.8 Å². The van der Waals surface area contributed by atoms with Crippen LogP contribution in [0.2, 0.25) is 0 Å². The predicted molar refractivity (Wildman–Crippen MR) is 120 cm³/mol. The first-order valence-electron chi connectivity index (χ1n) is 11.1. The molecule has 2 bridgehead atoms. The van der Waals surface area contributed by atoms with E-state index < -0.39 is 11.9 Å². The highest BCUT2D eigenvalue weighted by Gasteiger charge is 2.41. The van der Waals surface area contributed by atoms with Gasteiger partial charge in [-0.3, -0.25) is 4.79 Å². The van der Waals surface area contributed by atoms with Gasteiger partial charge >= 0.3 is 11.9 Å². The second kappa shape index (κ2) is 11.7. The van der Waals surface area contributed by atoms with Gasteiger partial charge in [-0.1, -0.05) is 6.42 Å². The minimum atomic E-state index is -1.82. The van der Waals surface area contributed by atoms with Crippen LogP contribution in [0.5, 0.6) is 0 Å². The zero-order chi connectivity index (χ0) is 23.0. The Morgan fingerprint density at radius 3 is 2.10 bits per heavy atom. The van der Waals surface area contributed by atoms with E-state index in [1.807, 2.05) is 12.1 Å². The number of nitrogens with one attached hydrogen (secondary N) is 2. The molecule has 4 N–H and O–H groups in total. The molecule has 0 radical (unpaired) electrons. The molecule has 2 aliphatic rings. The normalized spacial score (nSPS) is 22.2. The van der Waals surface area contributed by atoms with E-state index in [4.69, 9.17) is 19.8 Å². The molecule has 0 spiro atoms. The van der Waals surface area contributed by atoms with E-state index >= 15 is 0 Å². The van der Waals surface area contributed by atoms with Crippen LogP contribution < -0.4 is 15.5 Å². The minimum absolute atomic E-state index is 0.0468. The lowest BCUT2D eigenvalue weighted by Crippen LogP contribution is -2.40. The van der Waals surface area contributed by atoms with Crippen LogP contribution in [0.15, 0.2) is 24.3 Å². The molecule has 0 aliphatic heterocycles. The number of aliphatic carboxylic acids is 2. The molecule has 31 heavy (non-hydrogen) atoms. The van der Waals surface area contributed by atoms with Crippen molar-refractivity contribution in [3.8, 4) is 0 Å². The molecule has 8 heteroatoms. The number of hydrogen-bond acceptors (Lipinski definition) is 5. The van der Waals surface area contributed by atoms with Crippen molar-refractivity contribution in [1.82, 2.24) is 5.32 Å². The number of amides is 1. The van der Waals surface area contributed by atoms with Crippen LogP contribution in [0.1, 0.15) is 46.5 Å². The van der Waals surface area contributed by atoms with E-state index in [1.165, 1.54) is 31.4 Å². The topological polar surface area (TPSA) is 119 Å². The molecular formula is C23H35N3O5. The summed E-state index contributed by atoms with van der Waals surface area (Å²) < 4.78 is 0. The molecule has 0 saturated heterocycles. The molecule has 2 aliphatic carbocycles. The number of anilines is 2. The van der Waals surface area contributed by atoms with E-state index in [9.17, 15) is 4.79 Å². The average molecular weight is 434 g/mol. The lowest BCUT2D eigenvalue weighted by molar-refractivity contribution is -0.159. The molecular weight excluding hydrogens is 398 g/mol. The van der Waals surface area contributed by atoms with Crippen molar-refractivity contribution in [3.05, 3.63) is 24.3 Å². The molecule has 1 aromatic carbocycles. The summed E-state index contributed by atoms with van der Waals surface area (Å²) in [7, 11) is 0. The van der Waals surface area contributed by atoms with Gasteiger partial charge in [-0.05, 0) is 82.1 Å². The van der Waals surface area contributed by atoms with Gasteiger partial charge in [0.1, 0.15) is 0 Å². The number of benzene rings is 1. The third-order valence-corrected chi connectivity index (χ3v) is 6.48. The molecule has 172 valence electrons. The van der Waals surface area contributed by atoms with Crippen LogP contribution in [-0.4, -0.2) is 53.7 Å². The summed E-state index contributed by atoms with van der Waals surface area (Å²) in [6.07, 6.45) is 5.60. The molecule has 1 amide bonds. The van der Waals surface area contributed by atoms with Crippen LogP contribution in [0, 0.1) is 17.8 Å². The molecule has 4 unspecified atom stereocenters. The molecule has 0 aromatic heterocycles. The lowest BCUT2D eigenvalue weighted by Gasteiger charge is -2.28. The lowest BCUT2D eigenvalue weighted by atomic mass is 9.84. The summed E-state index contributed by atoms with van der Waals surface area (Å²) in [5.74, 6) is -0.990. The van der Waals surface area contributed by atoms with E-state index in [-0.39, 0.29) is 5.91 Å². The summed E-state index contributed by atoms with van der Waals surface area (Å²) in [6, 6.07) is 8.57. The third-order valence-electron chi connectivity index (χ3n) is 6.48. The van der Waals surface area contributed by atoms with Crippen LogP contribution in [0.4, 0.5) is 11.4 Å². The second-order valence-corrected chi connectivity index (χ2v) is 8.39. The highest BCUT2D eigenvalue weighted by molar-refractivity contribution is 6.27. The summed E-state index contributed by atoms with van der Waals surface area (Å²) in [6.45, 7) is 8.94. The first-order valence-corrected chi connectivity index (χ1v) is 11.1. The van der Waals surface area contributed by atoms with Gasteiger partial charge in [0.2, 0.25) is 5.91 Å². The number of carbonyl (C=O) groups is 3. The maximum absolute atomic E-state index is 12.2. The minimum Gasteiger partial charge on any atom is -0.473 e. The van der Waals surface area contributed by atoms with Crippen molar-refractivity contribution in [2.45, 2.75) is 52.5 Å². The predicted octanol–water partition coefficient (Wildman–Crippen LogP) is 3.04. The van der Waals surface area contributed by atoms with Gasteiger partial charge in [0.05, 0.1) is 6.54 Å². The fourth-order valence-electron chi connectivity index (χ4n) is 4.86. The van der Waals surface area contributed by atoms with E-state index in [0.29, 0.717) is 12.6 Å². The van der Waals surface area contributed by atoms with E-state index in [0.717, 1.165) is 36.5 Å². The number of hydrogen-bond donors (Lipinski definition) is 4. The SMILES string of the molecule is CCN(CC)c1ccc(NC(=O)CNC(C)C2CC3CCC2C3)cc1.O=C(O)C(=O)O. The van der Waals surface area contributed by atoms with Gasteiger partial charge in [0.25, 0.3) is 0 Å². The van der Waals surface area contributed by atoms with E-state index in [2.05, 4.69) is 48.4 Å². The van der Waals surface area contributed by atoms with Crippen molar-refractivity contribution < 1.29 is 24.6 Å². The number of carboxylic acids is 2. The number of nitrogens with zero attached hydrogens (tertiary/aromatic N) is 1. The van der Waals surface area contributed by atoms with E-state index in [1.54, 1.807) is 0 Å². The molecule has 0 heterocycles. The zero-order valence-electron chi connectivity index (χ0n) is 18.6. The van der Waals surface area contributed by atoms with Crippen LogP contribution in [0.3, 0.4) is 0 Å². The number of carbonyl (C=O) groups excluding carboxylic acids is 1. The Labute approximate surface area is 184 Å². The monoisotopic (exact) mass is 433 g/mol. The Kier molecular flexibility index (Phi) is 9.30. The highest BCUT2D eigenvalue weighted by Crippen LogP contribution is 2.49. The number of rotatable bonds is 8. The van der Waals surface area contributed by atoms with Gasteiger partial charge in [0, 0.05) is 30.5 Å². The van der Waals surface area contributed by atoms with Gasteiger partial charge in [-0.15, -0.1) is 0 Å². The summed E-state index contributed by atoms with van der Waals surface area (Å²) in [5.41, 5.74) is 2.07. The van der Waals surface area contributed by atoms with Crippen molar-refractivity contribution in [2.75, 3.05) is 29.9 Å². The number of fused-ring (bicyclic) bond motifs is 2.